The maximum atomic E-state index is 11.4. The number of carbonyl (C=O) groups excluding carboxylic acids is 2. The summed E-state index contributed by atoms with van der Waals surface area (Å²) < 4.78 is 4.97. The number of alkyl halides is 1. The molecule has 0 heterocycles. The summed E-state index contributed by atoms with van der Waals surface area (Å²) in [6.07, 6.45) is 2.06. The number of unbranched alkanes of at least 4 members (excludes halogenated alkanes) is 2. The number of hydrogen-bond donors (Lipinski definition) is 2. The number of rotatable bonds is 4. The highest BCUT2D eigenvalue weighted by Crippen LogP contribution is 2.06. The lowest BCUT2D eigenvalue weighted by Gasteiger charge is -2.19. The van der Waals surface area contributed by atoms with Gasteiger partial charge in [0, 0.05) is 12.8 Å². The van der Waals surface area contributed by atoms with Crippen LogP contribution in [0.25, 0.3) is 0 Å². The van der Waals surface area contributed by atoms with E-state index in [0.29, 0.717) is 11.8 Å². The molecule has 0 fully saturated rings. The predicted molar refractivity (Wildman–Crippen MR) is 77.6 cm³/mol. The number of amides is 2. The first kappa shape index (κ1) is 17.8. The van der Waals surface area contributed by atoms with Crippen molar-refractivity contribution in [2.45, 2.75) is 52.1 Å². The zero-order valence-corrected chi connectivity index (χ0v) is 13.2. The molecule has 5 nitrogen and oxygen atoms in total. The highest BCUT2D eigenvalue weighted by molar-refractivity contribution is 9.09. The third kappa shape index (κ3) is 13.0. The summed E-state index contributed by atoms with van der Waals surface area (Å²) in [6.45, 7) is 5.26. The molecule has 0 aromatic rings. The van der Waals surface area contributed by atoms with Crippen LogP contribution in [0, 0.1) is 11.8 Å². The quantitative estimate of drug-likeness (QED) is 0.359. The van der Waals surface area contributed by atoms with E-state index in [9.17, 15) is 9.59 Å². The Labute approximate surface area is 122 Å². The summed E-state index contributed by atoms with van der Waals surface area (Å²) in [5.41, 5.74) is 3.92. The Balaban J connectivity index is 3.62. The van der Waals surface area contributed by atoms with Gasteiger partial charge in [-0.1, -0.05) is 21.9 Å². The third-order valence-corrected chi connectivity index (χ3v) is 2.13. The largest absolute Gasteiger partial charge is 0.443 e. The molecule has 0 aliphatic heterocycles. The fourth-order valence-electron chi connectivity index (χ4n) is 1.12. The second-order valence-corrected chi connectivity index (χ2v) is 5.43. The average Bonchev–Trinajstić information content (AvgIpc) is 2.29. The van der Waals surface area contributed by atoms with Crippen molar-refractivity contribution in [3.05, 3.63) is 0 Å². The van der Waals surface area contributed by atoms with Crippen molar-refractivity contribution < 1.29 is 14.3 Å². The van der Waals surface area contributed by atoms with Crippen molar-refractivity contribution in [3.63, 3.8) is 0 Å². The van der Waals surface area contributed by atoms with Crippen molar-refractivity contribution in [1.82, 2.24) is 10.9 Å². The first-order chi connectivity index (χ1) is 8.85. The summed E-state index contributed by atoms with van der Waals surface area (Å²) >= 11 is 3.21. The van der Waals surface area contributed by atoms with Gasteiger partial charge in [-0.15, -0.1) is 5.92 Å². The molecule has 0 aromatic heterocycles. The molecule has 6 heteroatoms. The molecule has 0 rings (SSSR count). The Morgan fingerprint density at radius 1 is 1.16 bits per heavy atom. The van der Waals surface area contributed by atoms with Gasteiger partial charge in [0.1, 0.15) is 5.60 Å². The van der Waals surface area contributed by atoms with Crippen molar-refractivity contribution in [2.24, 2.45) is 0 Å². The van der Waals surface area contributed by atoms with E-state index in [2.05, 4.69) is 38.6 Å². The second-order valence-electron chi connectivity index (χ2n) is 4.87. The summed E-state index contributed by atoms with van der Waals surface area (Å²) in [4.78, 5) is 22.6. The number of hydrogen-bond acceptors (Lipinski definition) is 3. The van der Waals surface area contributed by atoms with Crippen molar-refractivity contribution in [3.8, 4) is 11.8 Å². The molecule has 19 heavy (non-hydrogen) atoms. The number of hydrazine groups is 1. The topological polar surface area (TPSA) is 67.4 Å². The fraction of sp³-hybridized carbons (Fsp3) is 0.692. The highest BCUT2D eigenvalue weighted by Gasteiger charge is 2.16. The Morgan fingerprint density at radius 2 is 1.84 bits per heavy atom. The van der Waals surface area contributed by atoms with Crippen LogP contribution in [0.15, 0.2) is 0 Å². The van der Waals surface area contributed by atoms with Crippen LogP contribution in [0.5, 0.6) is 0 Å². The molecule has 2 N–H and O–H groups in total. The van der Waals surface area contributed by atoms with E-state index in [4.69, 9.17) is 4.74 Å². The van der Waals surface area contributed by atoms with Crippen LogP contribution in [0.1, 0.15) is 46.5 Å². The SMILES string of the molecule is CC(C)(C)OC(=O)NNC(=O)CCCCC#CCBr. The first-order valence-electron chi connectivity index (χ1n) is 6.14. The summed E-state index contributed by atoms with van der Waals surface area (Å²) in [5, 5.41) is 0.674. The van der Waals surface area contributed by atoms with Crippen LogP contribution < -0.4 is 10.9 Å². The van der Waals surface area contributed by atoms with Gasteiger partial charge in [0.15, 0.2) is 0 Å². The number of nitrogens with one attached hydrogen (secondary N) is 2. The van der Waals surface area contributed by atoms with Gasteiger partial charge in [-0.25, -0.2) is 10.2 Å². The highest BCUT2D eigenvalue weighted by atomic mass is 79.9. The smallest absolute Gasteiger partial charge is 0.426 e. The minimum atomic E-state index is -0.663. The molecule has 0 aromatic carbocycles. The fourth-order valence-corrected chi connectivity index (χ4v) is 1.32. The molecular weight excluding hydrogens is 312 g/mol. The molecule has 0 spiro atoms. The Kier molecular flexibility index (Phi) is 9.06. The Morgan fingerprint density at radius 3 is 2.42 bits per heavy atom. The number of carbonyl (C=O) groups is 2. The van der Waals surface area contributed by atoms with Crippen LogP contribution >= 0.6 is 15.9 Å². The number of ether oxygens (including phenoxy) is 1. The lowest BCUT2D eigenvalue weighted by atomic mass is 10.2. The third-order valence-electron chi connectivity index (χ3n) is 1.85. The summed E-state index contributed by atoms with van der Waals surface area (Å²) in [7, 11) is 0. The molecule has 0 unspecified atom stereocenters. The van der Waals surface area contributed by atoms with Gasteiger partial charge in [-0.3, -0.25) is 10.2 Å². The van der Waals surface area contributed by atoms with Gasteiger partial charge in [-0.05, 0) is 33.6 Å². The average molecular weight is 333 g/mol. The minimum Gasteiger partial charge on any atom is -0.443 e. The molecule has 0 saturated heterocycles. The van der Waals surface area contributed by atoms with Gasteiger partial charge < -0.3 is 4.74 Å². The molecule has 0 aliphatic rings. The van der Waals surface area contributed by atoms with E-state index in [1.54, 1.807) is 20.8 Å². The standard InChI is InChI=1S/C13H21BrN2O3/c1-13(2,3)19-12(18)16-15-11(17)9-7-5-4-6-8-10-14/h4-5,7,9-10H2,1-3H3,(H,15,17)(H,16,18). The van der Waals surface area contributed by atoms with Crippen LogP contribution in [-0.2, 0) is 9.53 Å². The Bertz CT molecular complexity index is 353. The van der Waals surface area contributed by atoms with E-state index >= 15 is 0 Å². The van der Waals surface area contributed by atoms with E-state index in [-0.39, 0.29) is 5.91 Å². The van der Waals surface area contributed by atoms with Crippen LogP contribution in [0.3, 0.4) is 0 Å². The molecule has 0 aliphatic carbocycles. The van der Waals surface area contributed by atoms with Gasteiger partial charge in [-0.2, -0.15) is 0 Å². The lowest BCUT2D eigenvalue weighted by Crippen LogP contribution is -2.44. The molecule has 0 atom stereocenters. The summed E-state index contributed by atoms with van der Waals surface area (Å²) in [5.74, 6) is 5.62. The van der Waals surface area contributed by atoms with Gasteiger partial charge >= 0.3 is 6.09 Å². The molecular formula is C13H21BrN2O3. The monoisotopic (exact) mass is 332 g/mol. The summed E-state index contributed by atoms with van der Waals surface area (Å²) in [6, 6.07) is 0. The molecule has 0 radical (unpaired) electrons. The minimum absolute atomic E-state index is 0.237. The van der Waals surface area contributed by atoms with Crippen molar-refractivity contribution in [2.75, 3.05) is 5.33 Å². The van der Waals surface area contributed by atoms with Gasteiger partial charge in [0.05, 0.1) is 5.33 Å². The molecule has 108 valence electrons. The molecule has 2 amide bonds. The second kappa shape index (κ2) is 9.68. The molecule has 0 bridgehead atoms. The zero-order chi connectivity index (χ0) is 14.7. The van der Waals surface area contributed by atoms with Gasteiger partial charge in [0.2, 0.25) is 5.91 Å². The van der Waals surface area contributed by atoms with Crippen LogP contribution in [-0.4, -0.2) is 22.9 Å². The van der Waals surface area contributed by atoms with Crippen LogP contribution in [0.4, 0.5) is 4.79 Å². The van der Waals surface area contributed by atoms with E-state index in [1.165, 1.54) is 0 Å². The van der Waals surface area contributed by atoms with Gasteiger partial charge in [0.25, 0.3) is 0 Å². The zero-order valence-electron chi connectivity index (χ0n) is 11.6. The lowest BCUT2D eigenvalue weighted by molar-refractivity contribution is -0.122. The normalized spacial score (nSPS) is 10.1. The Hall–Kier alpha value is -1.22. The van der Waals surface area contributed by atoms with Crippen molar-refractivity contribution >= 4 is 27.9 Å². The number of halogens is 1. The predicted octanol–water partition coefficient (Wildman–Crippen LogP) is 2.50. The maximum Gasteiger partial charge on any atom is 0.426 e. The van der Waals surface area contributed by atoms with Crippen molar-refractivity contribution in [1.29, 1.82) is 0 Å². The van der Waals surface area contributed by atoms with E-state index < -0.39 is 11.7 Å². The van der Waals surface area contributed by atoms with E-state index in [1.807, 2.05) is 0 Å². The van der Waals surface area contributed by atoms with E-state index in [0.717, 1.165) is 19.3 Å². The molecule has 0 saturated carbocycles. The van der Waals surface area contributed by atoms with Crippen LogP contribution in [0.2, 0.25) is 0 Å². The first-order valence-corrected chi connectivity index (χ1v) is 7.27. The maximum absolute atomic E-state index is 11.4.